The molecule has 1 heterocycles. The number of amides is 1. The average Bonchev–Trinajstić information content (AvgIpc) is 3.42. The third kappa shape index (κ3) is 3.97. The van der Waals surface area contributed by atoms with Crippen molar-refractivity contribution >= 4 is 17.7 Å². The van der Waals surface area contributed by atoms with Crippen molar-refractivity contribution in [2.75, 3.05) is 12.3 Å². The van der Waals surface area contributed by atoms with E-state index in [2.05, 4.69) is 58.8 Å². The number of carbonyl (C=O) groups excluding carboxylic acids is 1. The standard InChI is InChI=1S/C22H24N4OS/c1-16-7-6-8-17(13-16)20-24-25-21(26(20)2)28-14-19(27)23-15-22(11-12-22)18-9-4-3-5-10-18/h3-10,13H,11-12,14-15H2,1-2H3,(H,23,27). The van der Waals surface area contributed by atoms with Crippen LogP contribution in [0.5, 0.6) is 0 Å². The van der Waals surface area contributed by atoms with Gasteiger partial charge >= 0.3 is 0 Å². The highest BCUT2D eigenvalue weighted by Crippen LogP contribution is 2.47. The summed E-state index contributed by atoms with van der Waals surface area (Å²) in [4.78, 5) is 12.4. The highest BCUT2D eigenvalue weighted by Gasteiger charge is 2.44. The van der Waals surface area contributed by atoms with Crippen LogP contribution in [0.2, 0.25) is 0 Å². The van der Waals surface area contributed by atoms with E-state index in [1.807, 2.05) is 29.8 Å². The van der Waals surface area contributed by atoms with Crippen LogP contribution in [-0.4, -0.2) is 33.0 Å². The highest BCUT2D eigenvalue weighted by atomic mass is 32.2. The van der Waals surface area contributed by atoms with Crippen LogP contribution >= 0.6 is 11.8 Å². The third-order valence-corrected chi connectivity index (χ3v) is 6.33. The Labute approximate surface area is 169 Å². The minimum atomic E-state index is 0.0345. The quantitative estimate of drug-likeness (QED) is 0.623. The predicted molar refractivity (Wildman–Crippen MR) is 112 cm³/mol. The Hall–Kier alpha value is -2.60. The average molecular weight is 393 g/mol. The topological polar surface area (TPSA) is 59.8 Å². The van der Waals surface area contributed by atoms with Crippen molar-refractivity contribution in [2.45, 2.75) is 30.3 Å². The Morgan fingerprint density at radius 1 is 1.14 bits per heavy atom. The van der Waals surface area contributed by atoms with Crippen molar-refractivity contribution in [1.82, 2.24) is 20.1 Å². The molecule has 0 atom stereocenters. The number of hydrogen-bond acceptors (Lipinski definition) is 4. The van der Waals surface area contributed by atoms with Gasteiger partial charge in [0.25, 0.3) is 0 Å². The van der Waals surface area contributed by atoms with Gasteiger partial charge in [0.2, 0.25) is 5.91 Å². The van der Waals surface area contributed by atoms with Crippen molar-refractivity contribution in [3.05, 3.63) is 65.7 Å². The first-order valence-corrected chi connectivity index (χ1v) is 10.5. The molecule has 0 radical (unpaired) electrons. The lowest BCUT2D eigenvalue weighted by Crippen LogP contribution is -2.33. The molecule has 1 aromatic heterocycles. The third-order valence-electron chi connectivity index (χ3n) is 5.31. The van der Waals surface area contributed by atoms with Crippen LogP contribution in [0.15, 0.2) is 59.8 Å². The SMILES string of the molecule is Cc1cccc(-c2nnc(SCC(=O)NCC3(c4ccccc4)CC3)n2C)c1. The monoisotopic (exact) mass is 392 g/mol. The van der Waals surface area contributed by atoms with E-state index in [1.165, 1.54) is 22.9 Å². The second kappa shape index (κ2) is 7.80. The van der Waals surface area contributed by atoms with E-state index in [4.69, 9.17) is 0 Å². The molecule has 3 aromatic rings. The van der Waals surface area contributed by atoms with Gasteiger partial charge in [-0.25, -0.2) is 0 Å². The second-order valence-electron chi connectivity index (χ2n) is 7.45. The molecular formula is C22H24N4OS. The number of benzene rings is 2. The largest absolute Gasteiger partial charge is 0.354 e. The fourth-order valence-electron chi connectivity index (χ4n) is 3.44. The lowest BCUT2D eigenvalue weighted by Gasteiger charge is -2.16. The molecule has 0 saturated heterocycles. The maximum atomic E-state index is 12.4. The van der Waals surface area contributed by atoms with Gasteiger partial charge in [-0.1, -0.05) is 65.9 Å². The predicted octanol–water partition coefficient (Wildman–Crippen LogP) is 3.73. The van der Waals surface area contributed by atoms with Crippen LogP contribution in [-0.2, 0) is 17.3 Å². The first kappa shape index (κ1) is 18.7. The van der Waals surface area contributed by atoms with Crippen LogP contribution < -0.4 is 5.32 Å². The molecule has 6 heteroatoms. The first-order chi connectivity index (χ1) is 13.6. The molecule has 1 fully saturated rings. The van der Waals surface area contributed by atoms with E-state index in [0.717, 1.165) is 29.4 Å². The van der Waals surface area contributed by atoms with Crippen LogP contribution in [0.4, 0.5) is 0 Å². The van der Waals surface area contributed by atoms with Crippen molar-refractivity contribution in [2.24, 2.45) is 7.05 Å². The number of hydrogen-bond donors (Lipinski definition) is 1. The number of rotatable bonds is 7. The Morgan fingerprint density at radius 2 is 1.93 bits per heavy atom. The van der Waals surface area contributed by atoms with E-state index in [0.29, 0.717) is 12.3 Å². The Kier molecular flexibility index (Phi) is 5.22. The molecule has 1 aliphatic carbocycles. The smallest absolute Gasteiger partial charge is 0.230 e. The van der Waals surface area contributed by atoms with E-state index >= 15 is 0 Å². The molecule has 4 rings (SSSR count). The number of nitrogens with zero attached hydrogens (tertiary/aromatic N) is 3. The fourth-order valence-corrected chi connectivity index (χ4v) is 4.18. The summed E-state index contributed by atoms with van der Waals surface area (Å²) >= 11 is 1.42. The summed E-state index contributed by atoms with van der Waals surface area (Å²) in [6, 6.07) is 18.6. The van der Waals surface area contributed by atoms with Crippen LogP contribution in [0.25, 0.3) is 11.4 Å². The summed E-state index contributed by atoms with van der Waals surface area (Å²) in [5.41, 5.74) is 3.66. The van der Waals surface area contributed by atoms with Crippen molar-refractivity contribution < 1.29 is 4.79 Å². The summed E-state index contributed by atoms with van der Waals surface area (Å²) in [6.07, 6.45) is 2.27. The Bertz CT molecular complexity index is 979. The molecule has 144 valence electrons. The summed E-state index contributed by atoms with van der Waals surface area (Å²) in [6.45, 7) is 2.76. The van der Waals surface area contributed by atoms with E-state index in [1.54, 1.807) is 0 Å². The number of thioether (sulfide) groups is 1. The normalized spacial score (nSPS) is 14.6. The number of carbonyl (C=O) groups is 1. The van der Waals surface area contributed by atoms with Crippen LogP contribution in [0.3, 0.4) is 0 Å². The van der Waals surface area contributed by atoms with E-state index in [-0.39, 0.29) is 11.3 Å². The lowest BCUT2D eigenvalue weighted by molar-refractivity contribution is -0.118. The zero-order chi connectivity index (χ0) is 19.6. The van der Waals surface area contributed by atoms with Gasteiger partial charge in [-0.05, 0) is 31.4 Å². The minimum absolute atomic E-state index is 0.0345. The molecular weight excluding hydrogens is 368 g/mol. The van der Waals surface area contributed by atoms with Gasteiger partial charge in [-0.15, -0.1) is 10.2 Å². The van der Waals surface area contributed by atoms with Gasteiger partial charge in [-0.2, -0.15) is 0 Å². The number of nitrogens with one attached hydrogen (secondary N) is 1. The zero-order valence-electron chi connectivity index (χ0n) is 16.2. The zero-order valence-corrected chi connectivity index (χ0v) is 17.0. The molecule has 28 heavy (non-hydrogen) atoms. The maximum absolute atomic E-state index is 12.4. The van der Waals surface area contributed by atoms with Gasteiger partial charge in [0, 0.05) is 24.6 Å². The van der Waals surface area contributed by atoms with Crippen LogP contribution in [0.1, 0.15) is 24.0 Å². The molecule has 5 nitrogen and oxygen atoms in total. The van der Waals surface area contributed by atoms with Gasteiger partial charge in [0.15, 0.2) is 11.0 Å². The molecule has 0 unspecified atom stereocenters. The molecule has 2 aromatic carbocycles. The van der Waals surface area contributed by atoms with Gasteiger partial charge in [0.1, 0.15) is 0 Å². The van der Waals surface area contributed by atoms with Crippen LogP contribution in [0, 0.1) is 6.92 Å². The molecule has 0 spiro atoms. The second-order valence-corrected chi connectivity index (χ2v) is 8.39. The highest BCUT2D eigenvalue weighted by molar-refractivity contribution is 7.99. The molecule has 1 aliphatic rings. The molecule has 0 aliphatic heterocycles. The Morgan fingerprint density at radius 3 is 2.64 bits per heavy atom. The van der Waals surface area contributed by atoms with Gasteiger partial charge < -0.3 is 9.88 Å². The van der Waals surface area contributed by atoms with Gasteiger partial charge in [0.05, 0.1) is 5.75 Å². The van der Waals surface area contributed by atoms with E-state index in [9.17, 15) is 4.79 Å². The number of aromatic nitrogens is 3. The van der Waals surface area contributed by atoms with Crippen molar-refractivity contribution in [3.63, 3.8) is 0 Å². The summed E-state index contributed by atoms with van der Waals surface area (Å²) in [5.74, 6) is 1.19. The van der Waals surface area contributed by atoms with Crippen molar-refractivity contribution in [1.29, 1.82) is 0 Å². The number of aryl methyl sites for hydroxylation is 1. The summed E-state index contributed by atoms with van der Waals surface area (Å²) < 4.78 is 1.94. The van der Waals surface area contributed by atoms with E-state index < -0.39 is 0 Å². The molecule has 0 bridgehead atoms. The first-order valence-electron chi connectivity index (χ1n) is 9.49. The minimum Gasteiger partial charge on any atom is -0.354 e. The molecule has 1 N–H and O–H groups in total. The van der Waals surface area contributed by atoms with Crippen molar-refractivity contribution in [3.8, 4) is 11.4 Å². The summed E-state index contributed by atoms with van der Waals surface area (Å²) in [7, 11) is 1.94. The Balaban J connectivity index is 1.33. The molecule has 1 amide bonds. The molecule has 1 saturated carbocycles. The fraction of sp³-hybridized carbons (Fsp3) is 0.318. The maximum Gasteiger partial charge on any atom is 0.230 e. The lowest BCUT2D eigenvalue weighted by atomic mass is 9.96. The van der Waals surface area contributed by atoms with Gasteiger partial charge in [-0.3, -0.25) is 4.79 Å². The summed E-state index contributed by atoms with van der Waals surface area (Å²) in [5, 5.41) is 12.4.